The standard InChI is InChI=1S/C13H18BI2NO3/c1-12(2)13(3,4)20-14(19-12)11(17)7-5-8(15)10(18)9(16)6-7/h5-6,11,18H,17H2,1-4H3/t11-/m0/s1. The molecule has 0 aromatic heterocycles. The fourth-order valence-corrected chi connectivity index (χ4v) is 3.79. The molecule has 1 fully saturated rings. The Labute approximate surface area is 147 Å². The molecule has 0 radical (unpaired) electrons. The first-order valence-electron chi connectivity index (χ1n) is 6.34. The van der Waals surface area contributed by atoms with Gasteiger partial charge in [0.05, 0.1) is 24.3 Å². The highest BCUT2D eigenvalue weighted by atomic mass is 127. The van der Waals surface area contributed by atoms with E-state index in [1.54, 1.807) is 0 Å². The van der Waals surface area contributed by atoms with Crippen molar-refractivity contribution >= 4 is 52.3 Å². The van der Waals surface area contributed by atoms with Crippen LogP contribution >= 0.6 is 45.2 Å². The van der Waals surface area contributed by atoms with Crippen molar-refractivity contribution in [2.24, 2.45) is 5.73 Å². The first-order valence-corrected chi connectivity index (χ1v) is 8.50. The molecule has 1 aliphatic rings. The molecule has 1 aromatic carbocycles. The number of phenols is 1. The summed E-state index contributed by atoms with van der Waals surface area (Å²) < 4.78 is 13.5. The van der Waals surface area contributed by atoms with Gasteiger partial charge in [-0.1, -0.05) is 0 Å². The van der Waals surface area contributed by atoms with Crippen LogP contribution in [0.5, 0.6) is 5.75 Å². The molecule has 1 saturated heterocycles. The number of hydrogen-bond acceptors (Lipinski definition) is 4. The van der Waals surface area contributed by atoms with Crippen LogP contribution in [-0.4, -0.2) is 23.4 Å². The van der Waals surface area contributed by atoms with Crippen LogP contribution in [0.15, 0.2) is 12.1 Å². The van der Waals surface area contributed by atoms with Crippen molar-refractivity contribution in [1.82, 2.24) is 0 Å². The van der Waals surface area contributed by atoms with Gasteiger partial charge in [0.1, 0.15) is 5.75 Å². The van der Waals surface area contributed by atoms with Gasteiger partial charge in [-0.2, -0.15) is 0 Å². The van der Waals surface area contributed by atoms with Crippen molar-refractivity contribution in [2.45, 2.75) is 44.8 Å². The van der Waals surface area contributed by atoms with E-state index in [-0.39, 0.29) is 5.75 Å². The van der Waals surface area contributed by atoms with E-state index in [9.17, 15) is 5.11 Å². The van der Waals surface area contributed by atoms with Crippen molar-refractivity contribution in [3.05, 3.63) is 24.8 Å². The van der Waals surface area contributed by atoms with Crippen molar-refractivity contribution in [1.29, 1.82) is 0 Å². The third-order valence-electron chi connectivity index (χ3n) is 3.99. The van der Waals surface area contributed by atoms with Gasteiger partial charge in [-0.05, 0) is 90.6 Å². The van der Waals surface area contributed by atoms with Crippen molar-refractivity contribution in [3.8, 4) is 5.75 Å². The molecule has 1 aliphatic heterocycles. The molecular formula is C13H18BI2NO3. The van der Waals surface area contributed by atoms with E-state index in [1.165, 1.54) is 0 Å². The summed E-state index contributed by atoms with van der Waals surface area (Å²) in [6.45, 7) is 8.02. The summed E-state index contributed by atoms with van der Waals surface area (Å²) in [5.41, 5.74) is 6.40. The Morgan fingerprint density at radius 2 is 1.50 bits per heavy atom. The van der Waals surface area contributed by atoms with Gasteiger partial charge in [0, 0.05) is 0 Å². The molecule has 0 bridgehead atoms. The Morgan fingerprint density at radius 1 is 1.10 bits per heavy atom. The van der Waals surface area contributed by atoms with Gasteiger partial charge < -0.3 is 20.1 Å². The van der Waals surface area contributed by atoms with Gasteiger partial charge >= 0.3 is 7.12 Å². The lowest BCUT2D eigenvalue weighted by Crippen LogP contribution is -2.41. The predicted octanol–water partition coefficient (Wildman–Crippen LogP) is 3.23. The first-order chi connectivity index (χ1) is 9.05. The second kappa shape index (κ2) is 5.56. The number of halogens is 2. The summed E-state index contributed by atoms with van der Waals surface area (Å²) in [7, 11) is -0.490. The fourth-order valence-electron chi connectivity index (χ4n) is 1.97. The van der Waals surface area contributed by atoms with Crippen LogP contribution in [0.1, 0.15) is 39.2 Å². The van der Waals surface area contributed by atoms with Crippen LogP contribution in [0.25, 0.3) is 0 Å². The Kier molecular flexibility index (Phi) is 4.67. The maximum atomic E-state index is 9.83. The third kappa shape index (κ3) is 2.97. The molecule has 0 spiro atoms. The van der Waals surface area contributed by atoms with E-state index in [0.29, 0.717) is 0 Å². The third-order valence-corrected chi connectivity index (χ3v) is 5.63. The number of phenolic OH excluding ortho intramolecular Hbond substituents is 1. The molecule has 0 saturated carbocycles. The summed E-state index contributed by atoms with van der Waals surface area (Å²) in [5, 5.41) is 9.83. The number of nitrogens with two attached hydrogens (primary N) is 1. The predicted molar refractivity (Wildman–Crippen MR) is 96.6 cm³/mol. The SMILES string of the molecule is CC1(C)OB([C@@H](N)c2cc(I)c(O)c(I)c2)OC1(C)C. The topological polar surface area (TPSA) is 64.7 Å². The van der Waals surface area contributed by atoms with Crippen LogP contribution in [0.4, 0.5) is 0 Å². The number of benzene rings is 1. The minimum atomic E-state index is -0.490. The lowest BCUT2D eigenvalue weighted by atomic mass is 9.75. The molecule has 20 heavy (non-hydrogen) atoms. The van der Waals surface area contributed by atoms with Crippen molar-refractivity contribution < 1.29 is 14.4 Å². The summed E-state index contributed by atoms with van der Waals surface area (Å²) in [6.07, 6.45) is 0. The van der Waals surface area contributed by atoms with E-state index >= 15 is 0 Å². The van der Waals surface area contributed by atoms with Gasteiger partial charge in [0.15, 0.2) is 0 Å². The lowest BCUT2D eigenvalue weighted by Gasteiger charge is -2.32. The van der Waals surface area contributed by atoms with E-state index in [1.807, 2.05) is 39.8 Å². The maximum absolute atomic E-state index is 9.83. The summed E-state index contributed by atoms with van der Waals surface area (Å²) in [5.74, 6) is -0.102. The van der Waals surface area contributed by atoms with E-state index in [0.717, 1.165) is 12.7 Å². The number of aromatic hydroxyl groups is 1. The van der Waals surface area contributed by atoms with E-state index in [2.05, 4.69) is 45.2 Å². The van der Waals surface area contributed by atoms with Crippen LogP contribution in [0, 0.1) is 7.14 Å². The molecule has 1 atom stereocenters. The Morgan fingerprint density at radius 3 is 1.90 bits per heavy atom. The lowest BCUT2D eigenvalue weighted by molar-refractivity contribution is 0.00578. The normalized spacial score (nSPS) is 22.1. The maximum Gasteiger partial charge on any atom is 0.480 e. The second-order valence-electron chi connectivity index (χ2n) is 5.98. The van der Waals surface area contributed by atoms with Crippen LogP contribution in [0.2, 0.25) is 0 Å². The summed E-state index contributed by atoms with van der Waals surface area (Å²) in [4.78, 5) is 0. The zero-order chi connectivity index (χ0) is 15.3. The molecule has 4 nitrogen and oxygen atoms in total. The fraction of sp³-hybridized carbons (Fsp3) is 0.538. The molecule has 0 aliphatic carbocycles. The highest BCUT2D eigenvalue weighted by Crippen LogP contribution is 2.40. The highest BCUT2D eigenvalue weighted by Gasteiger charge is 2.53. The van der Waals surface area contributed by atoms with Gasteiger partial charge in [0.2, 0.25) is 0 Å². The molecule has 1 heterocycles. The quantitative estimate of drug-likeness (QED) is 0.483. The summed E-state index contributed by atoms with van der Waals surface area (Å²) >= 11 is 4.19. The molecule has 2 rings (SSSR count). The minimum absolute atomic E-state index is 0.288. The number of hydrogen-bond donors (Lipinski definition) is 2. The average Bonchev–Trinajstić information content (AvgIpc) is 2.54. The van der Waals surface area contributed by atoms with Crippen LogP contribution < -0.4 is 5.73 Å². The Balaban J connectivity index is 2.28. The molecule has 110 valence electrons. The average molecular weight is 501 g/mol. The smallest absolute Gasteiger partial charge is 0.480 e. The molecular weight excluding hydrogens is 483 g/mol. The zero-order valence-corrected chi connectivity index (χ0v) is 16.2. The van der Waals surface area contributed by atoms with E-state index < -0.39 is 24.3 Å². The molecule has 0 unspecified atom stereocenters. The van der Waals surface area contributed by atoms with Gasteiger partial charge in [0.25, 0.3) is 0 Å². The molecule has 1 aromatic rings. The van der Waals surface area contributed by atoms with Crippen molar-refractivity contribution in [2.75, 3.05) is 0 Å². The van der Waals surface area contributed by atoms with Gasteiger partial charge in [-0.25, -0.2) is 0 Å². The largest absolute Gasteiger partial charge is 0.506 e. The molecule has 3 N–H and O–H groups in total. The van der Waals surface area contributed by atoms with Crippen LogP contribution in [0.3, 0.4) is 0 Å². The summed E-state index contributed by atoms with van der Waals surface area (Å²) in [6, 6.07) is 3.74. The van der Waals surface area contributed by atoms with Crippen molar-refractivity contribution in [3.63, 3.8) is 0 Å². The van der Waals surface area contributed by atoms with Crippen LogP contribution in [-0.2, 0) is 9.31 Å². The first kappa shape index (κ1) is 16.8. The molecule has 0 amide bonds. The van der Waals surface area contributed by atoms with E-state index in [4.69, 9.17) is 15.0 Å². The van der Waals surface area contributed by atoms with Gasteiger partial charge in [-0.3, -0.25) is 0 Å². The Hall–Kier alpha value is 0.425. The zero-order valence-electron chi connectivity index (χ0n) is 11.9. The minimum Gasteiger partial charge on any atom is -0.506 e. The monoisotopic (exact) mass is 501 g/mol. The number of rotatable bonds is 2. The highest BCUT2D eigenvalue weighted by molar-refractivity contribution is 14.1. The second-order valence-corrected chi connectivity index (χ2v) is 8.31. The Bertz CT molecular complexity index is 497. The molecule has 7 heteroatoms. The van der Waals surface area contributed by atoms with Gasteiger partial charge in [-0.15, -0.1) is 0 Å².